The van der Waals surface area contributed by atoms with Gasteiger partial charge in [-0.05, 0) is 18.6 Å². The molecule has 0 amide bonds. The smallest absolute Gasteiger partial charge is 0.167 e. The van der Waals surface area contributed by atoms with Crippen LogP contribution in [0, 0.1) is 12.7 Å². The third-order valence-electron chi connectivity index (χ3n) is 1.72. The highest BCUT2D eigenvalue weighted by Crippen LogP contribution is 2.19. The normalized spacial score (nSPS) is 10.1. The standard InChI is InChI=1S/C10H13FO2/c1-8-4-2-5-9(10(8)11)13-7-3-6-12/h2,4-5,12H,3,6-7H2,1H3. The number of halogens is 1. The zero-order chi connectivity index (χ0) is 9.68. The second-order valence-electron chi connectivity index (χ2n) is 2.81. The average molecular weight is 184 g/mol. The molecule has 3 heteroatoms. The monoisotopic (exact) mass is 184 g/mol. The summed E-state index contributed by atoms with van der Waals surface area (Å²) >= 11 is 0. The maximum absolute atomic E-state index is 13.2. The quantitative estimate of drug-likeness (QED) is 0.724. The fourth-order valence-corrected chi connectivity index (χ4v) is 0.979. The van der Waals surface area contributed by atoms with Crippen LogP contribution < -0.4 is 4.74 Å². The summed E-state index contributed by atoms with van der Waals surface area (Å²) < 4.78 is 18.4. The minimum Gasteiger partial charge on any atom is -0.490 e. The molecule has 0 atom stereocenters. The van der Waals surface area contributed by atoms with Crippen molar-refractivity contribution in [3.8, 4) is 5.75 Å². The second kappa shape index (κ2) is 4.82. The molecule has 2 nitrogen and oxygen atoms in total. The first kappa shape index (κ1) is 9.99. The van der Waals surface area contributed by atoms with Gasteiger partial charge in [-0.2, -0.15) is 0 Å². The summed E-state index contributed by atoms with van der Waals surface area (Å²) in [6.45, 7) is 2.10. The summed E-state index contributed by atoms with van der Waals surface area (Å²) in [6, 6.07) is 5.01. The molecule has 1 aromatic rings. The fourth-order valence-electron chi connectivity index (χ4n) is 0.979. The van der Waals surface area contributed by atoms with E-state index >= 15 is 0 Å². The van der Waals surface area contributed by atoms with Gasteiger partial charge < -0.3 is 9.84 Å². The minimum atomic E-state index is -0.319. The van der Waals surface area contributed by atoms with Gasteiger partial charge in [-0.25, -0.2) is 4.39 Å². The summed E-state index contributed by atoms with van der Waals surface area (Å²) in [4.78, 5) is 0. The number of aliphatic hydroxyl groups is 1. The lowest BCUT2D eigenvalue weighted by molar-refractivity contribution is 0.228. The Morgan fingerprint density at radius 1 is 1.46 bits per heavy atom. The van der Waals surface area contributed by atoms with E-state index in [1.807, 2.05) is 0 Å². The summed E-state index contributed by atoms with van der Waals surface area (Å²) in [7, 11) is 0. The van der Waals surface area contributed by atoms with Crippen LogP contribution in [0.3, 0.4) is 0 Å². The molecular weight excluding hydrogens is 171 g/mol. The van der Waals surface area contributed by atoms with E-state index in [2.05, 4.69) is 0 Å². The van der Waals surface area contributed by atoms with Crippen LogP contribution in [0.15, 0.2) is 18.2 Å². The van der Waals surface area contributed by atoms with Crippen molar-refractivity contribution in [2.75, 3.05) is 13.2 Å². The highest BCUT2D eigenvalue weighted by atomic mass is 19.1. The number of benzene rings is 1. The lowest BCUT2D eigenvalue weighted by Crippen LogP contribution is -2.01. The predicted molar refractivity (Wildman–Crippen MR) is 48.3 cm³/mol. The van der Waals surface area contributed by atoms with Crippen LogP contribution in [0.25, 0.3) is 0 Å². The van der Waals surface area contributed by atoms with E-state index in [0.29, 0.717) is 18.6 Å². The maximum atomic E-state index is 13.2. The lowest BCUT2D eigenvalue weighted by Gasteiger charge is -2.07. The third kappa shape index (κ3) is 2.70. The molecule has 1 aromatic carbocycles. The molecule has 0 spiro atoms. The fraction of sp³-hybridized carbons (Fsp3) is 0.400. The van der Waals surface area contributed by atoms with Crippen LogP contribution in [0.2, 0.25) is 0 Å². The summed E-state index contributed by atoms with van der Waals surface area (Å²) in [6.07, 6.45) is 0.521. The molecule has 0 radical (unpaired) electrons. The summed E-state index contributed by atoms with van der Waals surface area (Å²) in [5.74, 6) is -0.0612. The van der Waals surface area contributed by atoms with Gasteiger partial charge in [-0.1, -0.05) is 12.1 Å². The Morgan fingerprint density at radius 2 is 2.23 bits per heavy atom. The van der Waals surface area contributed by atoms with Crippen molar-refractivity contribution >= 4 is 0 Å². The molecule has 0 saturated carbocycles. The number of ether oxygens (including phenoxy) is 1. The molecule has 0 aliphatic heterocycles. The average Bonchev–Trinajstić information content (AvgIpc) is 2.13. The number of aryl methyl sites for hydroxylation is 1. The van der Waals surface area contributed by atoms with Gasteiger partial charge in [0, 0.05) is 13.0 Å². The van der Waals surface area contributed by atoms with Crippen LogP contribution in [-0.2, 0) is 0 Å². The van der Waals surface area contributed by atoms with Crippen molar-refractivity contribution in [2.45, 2.75) is 13.3 Å². The molecule has 0 aromatic heterocycles. The Bertz CT molecular complexity index is 274. The van der Waals surface area contributed by atoms with E-state index in [1.165, 1.54) is 0 Å². The Morgan fingerprint density at radius 3 is 2.92 bits per heavy atom. The van der Waals surface area contributed by atoms with Gasteiger partial charge in [-0.3, -0.25) is 0 Å². The predicted octanol–water partition coefficient (Wildman–Crippen LogP) is 1.90. The van der Waals surface area contributed by atoms with Gasteiger partial charge in [0.15, 0.2) is 11.6 Å². The summed E-state index contributed by atoms with van der Waals surface area (Å²) in [5, 5.41) is 8.49. The first-order valence-electron chi connectivity index (χ1n) is 4.24. The first-order valence-corrected chi connectivity index (χ1v) is 4.24. The number of rotatable bonds is 4. The van der Waals surface area contributed by atoms with Crippen LogP contribution in [0.5, 0.6) is 5.75 Å². The zero-order valence-corrected chi connectivity index (χ0v) is 7.59. The molecule has 0 saturated heterocycles. The van der Waals surface area contributed by atoms with Crippen LogP contribution in [0.4, 0.5) is 4.39 Å². The summed E-state index contributed by atoms with van der Waals surface area (Å²) in [5.41, 5.74) is 0.571. The Hall–Kier alpha value is -1.09. The van der Waals surface area contributed by atoms with Crippen molar-refractivity contribution in [3.05, 3.63) is 29.6 Å². The highest BCUT2D eigenvalue weighted by Gasteiger charge is 2.04. The number of aliphatic hydroxyl groups excluding tert-OH is 1. The van der Waals surface area contributed by atoms with Crippen molar-refractivity contribution in [3.63, 3.8) is 0 Å². The molecule has 0 heterocycles. The van der Waals surface area contributed by atoms with E-state index in [1.54, 1.807) is 25.1 Å². The van der Waals surface area contributed by atoms with Gasteiger partial charge in [-0.15, -0.1) is 0 Å². The molecule has 0 unspecified atom stereocenters. The SMILES string of the molecule is Cc1cccc(OCCCO)c1F. The molecule has 0 aliphatic rings. The molecule has 0 aliphatic carbocycles. The Balaban J connectivity index is 2.61. The zero-order valence-electron chi connectivity index (χ0n) is 7.59. The second-order valence-corrected chi connectivity index (χ2v) is 2.81. The topological polar surface area (TPSA) is 29.5 Å². The van der Waals surface area contributed by atoms with Gasteiger partial charge in [0.2, 0.25) is 0 Å². The van der Waals surface area contributed by atoms with Crippen LogP contribution in [-0.4, -0.2) is 18.3 Å². The van der Waals surface area contributed by atoms with Gasteiger partial charge in [0.25, 0.3) is 0 Å². The Kier molecular flexibility index (Phi) is 3.71. The molecular formula is C10H13FO2. The van der Waals surface area contributed by atoms with E-state index in [-0.39, 0.29) is 18.2 Å². The molecule has 1 rings (SSSR count). The van der Waals surface area contributed by atoms with Crippen molar-refractivity contribution < 1.29 is 14.2 Å². The third-order valence-corrected chi connectivity index (χ3v) is 1.72. The van der Waals surface area contributed by atoms with Crippen LogP contribution in [0.1, 0.15) is 12.0 Å². The van der Waals surface area contributed by atoms with E-state index in [0.717, 1.165) is 0 Å². The largest absolute Gasteiger partial charge is 0.490 e. The van der Waals surface area contributed by atoms with E-state index in [9.17, 15) is 4.39 Å². The van der Waals surface area contributed by atoms with Crippen molar-refractivity contribution in [1.82, 2.24) is 0 Å². The number of hydrogen-bond acceptors (Lipinski definition) is 2. The van der Waals surface area contributed by atoms with E-state index in [4.69, 9.17) is 9.84 Å². The molecule has 0 bridgehead atoms. The van der Waals surface area contributed by atoms with E-state index < -0.39 is 0 Å². The lowest BCUT2D eigenvalue weighted by atomic mass is 10.2. The van der Waals surface area contributed by atoms with Gasteiger partial charge in [0.05, 0.1) is 6.61 Å². The van der Waals surface area contributed by atoms with Gasteiger partial charge in [0.1, 0.15) is 0 Å². The maximum Gasteiger partial charge on any atom is 0.167 e. The van der Waals surface area contributed by atoms with Crippen LogP contribution >= 0.6 is 0 Å². The number of hydrogen-bond donors (Lipinski definition) is 1. The van der Waals surface area contributed by atoms with Crippen molar-refractivity contribution in [1.29, 1.82) is 0 Å². The molecule has 0 fully saturated rings. The van der Waals surface area contributed by atoms with Gasteiger partial charge >= 0.3 is 0 Å². The first-order chi connectivity index (χ1) is 6.25. The molecule has 72 valence electrons. The molecule has 13 heavy (non-hydrogen) atoms. The minimum absolute atomic E-state index is 0.0629. The van der Waals surface area contributed by atoms with Crippen molar-refractivity contribution in [2.24, 2.45) is 0 Å². The molecule has 1 N–H and O–H groups in total. The Labute approximate surface area is 77.0 Å². The highest BCUT2D eigenvalue weighted by molar-refractivity contribution is 5.29.